The molecule has 2 N–H and O–H groups in total. The molecule has 1 aromatic rings. The van der Waals surface area contributed by atoms with Crippen molar-refractivity contribution in [2.75, 3.05) is 0 Å². The normalized spacial score (nSPS) is 27.3. The first-order valence-electron chi connectivity index (χ1n) is 6.94. The van der Waals surface area contributed by atoms with Gasteiger partial charge in [-0.3, -0.25) is 0 Å². The van der Waals surface area contributed by atoms with Crippen LogP contribution in [0.15, 0.2) is 35.7 Å². The van der Waals surface area contributed by atoms with Crippen molar-refractivity contribution < 1.29 is 22.8 Å². The lowest BCUT2D eigenvalue weighted by molar-refractivity contribution is -0.317. The van der Waals surface area contributed by atoms with Crippen LogP contribution >= 0.6 is 10.9 Å². The van der Waals surface area contributed by atoms with E-state index in [1.807, 2.05) is 13.8 Å². The minimum Gasteiger partial charge on any atom is -0.326 e. The third kappa shape index (κ3) is 4.29. The highest BCUT2D eigenvalue weighted by Gasteiger charge is 2.33. The maximum atomic E-state index is 10.2. The highest BCUT2D eigenvalue weighted by atomic mass is 32.3. The minimum absolute atomic E-state index is 0.00269. The first-order chi connectivity index (χ1) is 9.94. The van der Waals surface area contributed by atoms with Crippen LogP contribution in [0.1, 0.15) is 32.3 Å². The molecule has 6 heteroatoms. The number of hydrogen-bond donors (Lipinski definition) is 2. The van der Waals surface area contributed by atoms with Crippen molar-refractivity contribution in [2.45, 2.75) is 50.3 Å². The van der Waals surface area contributed by atoms with Crippen LogP contribution in [0.2, 0.25) is 0 Å². The van der Waals surface area contributed by atoms with Crippen LogP contribution in [0.5, 0.6) is 0 Å². The third-order valence-corrected chi connectivity index (χ3v) is 4.64. The topological polar surface area (TPSA) is 68.2 Å². The van der Waals surface area contributed by atoms with Crippen molar-refractivity contribution in [3.05, 3.63) is 36.4 Å². The lowest BCUT2D eigenvalue weighted by Crippen LogP contribution is -2.38. The Morgan fingerprint density at radius 1 is 1.33 bits per heavy atom. The molecule has 1 heterocycles. The molecule has 118 valence electrons. The lowest BCUT2D eigenvalue weighted by atomic mass is 10.1. The van der Waals surface area contributed by atoms with Gasteiger partial charge < -0.3 is 18.6 Å². The van der Waals surface area contributed by atoms with Gasteiger partial charge in [-0.15, -0.1) is 0 Å². The summed E-state index contributed by atoms with van der Waals surface area (Å²) in [6.45, 7) is 6.50. The van der Waals surface area contributed by atoms with Crippen molar-refractivity contribution in [3.63, 3.8) is 0 Å². The first-order valence-corrected chi connectivity index (χ1v) is 8.41. The van der Waals surface area contributed by atoms with Crippen LogP contribution in [0.25, 0.3) is 6.08 Å². The molecule has 1 aliphatic rings. The van der Waals surface area contributed by atoms with E-state index in [1.54, 1.807) is 30.3 Å². The molecule has 0 radical (unpaired) electrons. The molecular weight excluding hydrogens is 292 g/mol. The molecular formula is C15H22O5S. The zero-order chi connectivity index (χ0) is 15.5. The Kier molecular flexibility index (Phi) is 5.43. The van der Waals surface area contributed by atoms with Gasteiger partial charge in [-0.2, -0.15) is 0 Å². The molecule has 1 fully saturated rings. The summed E-state index contributed by atoms with van der Waals surface area (Å²) >= 11 is 0. The van der Waals surface area contributed by atoms with E-state index in [0.29, 0.717) is 0 Å². The molecule has 21 heavy (non-hydrogen) atoms. The molecule has 1 aromatic carbocycles. The molecule has 5 nitrogen and oxygen atoms in total. The Morgan fingerprint density at radius 3 is 2.57 bits per heavy atom. The number of benzene rings is 1. The summed E-state index contributed by atoms with van der Waals surface area (Å²) in [6, 6.07) is 6.66. The number of hydrogen-bond acceptors (Lipinski definition) is 5. The standard InChI is InChI=1S/C15H22O5S/c1-4-12-6-8-14(9-7-12)21(16,17)20-15-18-11(3)10-13(5-2)19-15/h4,6-9,11,13,15-17H,1,5,10H2,2-3H3. The van der Waals surface area contributed by atoms with Crippen LogP contribution in [0.3, 0.4) is 0 Å². The average Bonchev–Trinajstić information content (AvgIpc) is 2.46. The van der Waals surface area contributed by atoms with E-state index in [-0.39, 0.29) is 17.1 Å². The van der Waals surface area contributed by atoms with Gasteiger partial charge in [0.05, 0.1) is 17.1 Å². The average molecular weight is 314 g/mol. The molecule has 2 rings (SSSR count). The molecule has 1 aliphatic heterocycles. The van der Waals surface area contributed by atoms with Crippen molar-refractivity contribution in [3.8, 4) is 0 Å². The van der Waals surface area contributed by atoms with Gasteiger partial charge in [0, 0.05) is 0 Å². The van der Waals surface area contributed by atoms with Gasteiger partial charge in [-0.1, -0.05) is 31.7 Å². The van der Waals surface area contributed by atoms with Crippen molar-refractivity contribution in [1.82, 2.24) is 0 Å². The minimum atomic E-state index is -3.42. The van der Waals surface area contributed by atoms with E-state index in [4.69, 9.17) is 13.7 Å². The summed E-state index contributed by atoms with van der Waals surface area (Å²) in [5.74, 6) is 0. The Labute approximate surface area is 127 Å². The Morgan fingerprint density at radius 2 is 2.00 bits per heavy atom. The molecule has 0 saturated carbocycles. The van der Waals surface area contributed by atoms with Crippen LogP contribution in [-0.2, 0) is 13.7 Å². The molecule has 0 spiro atoms. The molecule has 0 aromatic heterocycles. The maximum Gasteiger partial charge on any atom is 0.286 e. The van der Waals surface area contributed by atoms with Crippen LogP contribution < -0.4 is 0 Å². The van der Waals surface area contributed by atoms with Crippen molar-refractivity contribution in [1.29, 1.82) is 0 Å². The molecule has 3 atom stereocenters. The van der Waals surface area contributed by atoms with Gasteiger partial charge in [-0.05, 0) is 37.5 Å². The monoisotopic (exact) mass is 314 g/mol. The molecule has 0 aliphatic carbocycles. The second-order valence-electron chi connectivity index (χ2n) is 5.00. The first kappa shape index (κ1) is 16.5. The summed E-state index contributed by atoms with van der Waals surface area (Å²) < 4.78 is 36.6. The highest BCUT2D eigenvalue weighted by Crippen LogP contribution is 2.51. The van der Waals surface area contributed by atoms with Gasteiger partial charge in [0.2, 0.25) is 0 Å². The maximum absolute atomic E-state index is 10.2. The van der Waals surface area contributed by atoms with E-state index in [1.165, 1.54) is 0 Å². The van der Waals surface area contributed by atoms with Crippen molar-refractivity contribution >= 4 is 16.9 Å². The molecule has 3 unspecified atom stereocenters. The zero-order valence-corrected chi connectivity index (χ0v) is 13.1. The van der Waals surface area contributed by atoms with E-state index in [9.17, 15) is 9.11 Å². The molecule has 0 amide bonds. The Hall–Kier alpha value is -0.890. The third-order valence-electron chi connectivity index (χ3n) is 3.33. The van der Waals surface area contributed by atoms with Gasteiger partial charge in [0.25, 0.3) is 6.48 Å². The fraction of sp³-hybridized carbons (Fsp3) is 0.467. The largest absolute Gasteiger partial charge is 0.326 e. The second kappa shape index (κ2) is 6.91. The Bertz CT molecular complexity index is 473. The van der Waals surface area contributed by atoms with E-state index in [2.05, 4.69) is 6.58 Å². The quantitative estimate of drug-likeness (QED) is 0.850. The summed E-state index contributed by atoms with van der Waals surface area (Å²) in [7, 11) is -3.42. The van der Waals surface area contributed by atoms with Gasteiger partial charge in [0.1, 0.15) is 10.9 Å². The van der Waals surface area contributed by atoms with E-state index in [0.717, 1.165) is 18.4 Å². The van der Waals surface area contributed by atoms with Gasteiger partial charge in [-0.25, -0.2) is 4.18 Å². The van der Waals surface area contributed by atoms with Crippen LogP contribution in [0, 0.1) is 0 Å². The number of ether oxygens (including phenoxy) is 2. The predicted molar refractivity (Wildman–Crippen MR) is 82.8 cm³/mol. The highest BCUT2D eigenvalue weighted by molar-refractivity contribution is 8.20. The summed E-state index contributed by atoms with van der Waals surface area (Å²) in [5, 5.41) is 0. The fourth-order valence-corrected chi connectivity index (χ4v) is 3.03. The SMILES string of the molecule is C=Cc1ccc(S(O)(O)OC2OC(C)CC(CC)O2)cc1. The van der Waals surface area contributed by atoms with E-state index >= 15 is 0 Å². The summed E-state index contributed by atoms with van der Waals surface area (Å²) in [4.78, 5) is 0.284. The van der Waals surface area contributed by atoms with Crippen molar-refractivity contribution in [2.24, 2.45) is 0 Å². The predicted octanol–water partition coefficient (Wildman–Crippen LogP) is 4.26. The summed E-state index contributed by atoms with van der Waals surface area (Å²) in [6.07, 6.45) is 3.21. The molecule has 0 bridgehead atoms. The van der Waals surface area contributed by atoms with Crippen LogP contribution in [0.4, 0.5) is 0 Å². The van der Waals surface area contributed by atoms with E-state index < -0.39 is 17.3 Å². The zero-order valence-electron chi connectivity index (χ0n) is 12.3. The van der Waals surface area contributed by atoms with Crippen LogP contribution in [-0.4, -0.2) is 27.8 Å². The lowest BCUT2D eigenvalue weighted by Gasteiger charge is -2.37. The second-order valence-corrected chi connectivity index (χ2v) is 6.66. The van der Waals surface area contributed by atoms with Gasteiger partial charge >= 0.3 is 0 Å². The fourth-order valence-electron chi connectivity index (χ4n) is 2.11. The summed E-state index contributed by atoms with van der Waals surface area (Å²) in [5.41, 5.74) is 0.888. The molecule has 1 saturated heterocycles. The smallest absolute Gasteiger partial charge is 0.286 e. The number of rotatable bonds is 5. The Balaban J connectivity index is 2.06. The van der Waals surface area contributed by atoms with Gasteiger partial charge in [0.15, 0.2) is 0 Å².